The van der Waals surface area contributed by atoms with Gasteiger partial charge in [0.05, 0.1) is 11.3 Å². The summed E-state index contributed by atoms with van der Waals surface area (Å²) in [6.07, 6.45) is 4.42. The Labute approximate surface area is 173 Å². The lowest BCUT2D eigenvalue weighted by atomic mass is 10.1. The Bertz CT molecular complexity index is 1230. The predicted octanol–water partition coefficient (Wildman–Crippen LogP) is 2.89. The Morgan fingerprint density at radius 1 is 1.07 bits per heavy atom. The van der Waals surface area contributed by atoms with E-state index in [4.69, 9.17) is 0 Å². The summed E-state index contributed by atoms with van der Waals surface area (Å²) in [5.41, 5.74) is 4.27. The van der Waals surface area contributed by atoms with Gasteiger partial charge in [0.25, 0.3) is 5.56 Å². The van der Waals surface area contributed by atoms with Gasteiger partial charge in [-0.25, -0.2) is 4.98 Å². The second-order valence-corrected chi connectivity index (χ2v) is 7.40. The molecule has 0 amide bonds. The molecule has 1 aromatic carbocycles. The molecular formula is C23H21N5O2. The molecule has 0 aliphatic carbocycles. The van der Waals surface area contributed by atoms with E-state index in [1.807, 2.05) is 42.6 Å². The van der Waals surface area contributed by atoms with Crippen molar-refractivity contribution in [3.63, 3.8) is 0 Å². The first-order valence-electron chi connectivity index (χ1n) is 9.89. The van der Waals surface area contributed by atoms with E-state index in [0.717, 1.165) is 42.1 Å². The molecule has 3 aromatic heterocycles. The molecule has 0 spiro atoms. The number of benzene rings is 1. The maximum absolute atomic E-state index is 12.7. The fraction of sp³-hybridized carbons (Fsp3) is 0.174. The van der Waals surface area contributed by atoms with Gasteiger partial charge in [-0.05, 0) is 48.5 Å². The van der Waals surface area contributed by atoms with Crippen LogP contribution in [0, 0.1) is 0 Å². The number of H-pyrrole nitrogens is 1. The highest BCUT2D eigenvalue weighted by atomic mass is 16.3. The van der Waals surface area contributed by atoms with Crippen molar-refractivity contribution in [3.05, 3.63) is 94.3 Å². The van der Waals surface area contributed by atoms with Crippen LogP contribution in [0.5, 0.6) is 5.75 Å². The van der Waals surface area contributed by atoms with Crippen LogP contribution in [0.3, 0.4) is 0 Å². The number of nitrogens with one attached hydrogen (secondary N) is 1. The lowest BCUT2D eigenvalue weighted by Gasteiger charge is -2.28. The number of nitrogens with zero attached hydrogens (tertiary/aromatic N) is 4. The summed E-state index contributed by atoms with van der Waals surface area (Å²) in [7, 11) is 0. The Morgan fingerprint density at radius 2 is 1.93 bits per heavy atom. The van der Waals surface area contributed by atoms with E-state index in [1.54, 1.807) is 18.3 Å². The molecule has 0 bridgehead atoms. The van der Waals surface area contributed by atoms with Crippen LogP contribution >= 0.6 is 0 Å². The molecule has 0 fully saturated rings. The van der Waals surface area contributed by atoms with Crippen molar-refractivity contribution in [3.8, 4) is 23.0 Å². The number of rotatable bonds is 4. The van der Waals surface area contributed by atoms with Crippen LogP contribution in [0.15, 0.2) is 71.8 Å². The zero-order valence-corrected chi connectivity index (χ0v) is 16.3. The molecule has 0 radical (unpaired) electrons. The molecule has 1 aliphatic rings. The fourth-order valence-electron chi connectivity index (χ4n) is 3.88. The second kappa shape index (κ2) is 7.61. The van der Waals surface area contributed by atoms with Gasteiger partial charge in [-0.15, -0.1) is 0 Å². The lowest BCUT2D eigenvalue weighted by Crippen LogP contribution is -2.35. The minimum atomic E-state index is -0.0979. The average Bonchev–Trinajstić information content (AvgIpc) is 3.23. The van der Waals surface area contributed by atoms with Gasteiger partial charge in [-0.3, -0.25) is 14.7 Å². The minimum absolute atomic E-state index is 0.0979. The highest BCUT2D eigenvalue weighted by molar-refractivity contribution is 5.49. The molecule has 0 unspecified atom stereocenters. The maximum atomic E-state index is 12.7. The first kappa shape index (κ1) is 18.3. The van der Waals surface area contributed by atoms with Crippen LogP contribution < -0.4 is 5.56 Å². The highest BCUT2D eigenvalue weighted by Crippen LogP contribution is 2.21. The number of phenols is 1. The molecule has 0 atom stereocenters. The van der Waals surface area contributed by atoms with Crippen molar-refractivity contribution in [2.24, 2.45) is 0 Å². The number of hydrogen-bond donors (Lipinski definition) is 2. The predicted molar refractivity (Wildman–Crippen MR) is 113 cm³/mol. The topological polar surface area (TPSA) is 87.0 Å². The van der Waals surface area contributed by atoms with Gasteiger partial charge < -0.3 is 14.7 Å². The van der Waals surface area contributed by atoms with Crippen molar-refractivity contribution in [2.45, 2.75) is 19.5 Å². The van der Waals surface area contributed by atoms with Gasteiger partial charge in [-0.1, -0.05) is 6.07 Å². The molecule has 4 heterocycles. The molecule has 0 saturated heterocycles. The third kappa shape index (κ3) is 3.51. The molecule has 7 heteroatoms. The summed E-state index contributed by atoms with van der Waals surface area (Å²) in [5, 5.41) is 9.54. The third-order valence-electron chi connectivity index (χ3n) is 5.40. The van der Waals surface area contributed by atoms with Crippen molar-refractivity contribution in [1.82, 2.24) is 24.4 Å². The van der Waals surface area contributed by atoms with Gasteiger partial charge in [-0.2, -0.15) is 0 Å². The van der Waals surface area contributed by atoms with E-state index < -0.39 is 0 Å². The monoisotopic (exact) mass is 399 g/mol. The Hall–Kier alpha value is -3.71. The van der Waals surface area contributed by atoms with Gasteiger partial charge >= 0.3 is 0 Å². The molecular weight excluding hydrogens is 378 g/mol. The van der Waals surface area contributed by atoms with Crippen molar-refractivity contribution < 1.29 is 5.11 Å². The number of phenolic OH excluding ortho intramolecular Hbond substituents is 1. The van der Waals surface area contributed by atoms with Crippen LogP contribution in [0.1, 0.15) is 17.0 Å². The SMILES string of the molecule is O=c1[nH]c(-c2ccccn2)nc2c1CN(Cc1cccn1-c1ccc(O)cc1)CC2. The molecule has 30 heavy (non-hydrogen) atoms. The number of fused-ring (bicyclic) bond motifs is 1. The van der Waals surface area contributed by atoms with E-state index in [9.17, 15) is 9.90 Å². The van der Waals surface area contributed by atoms with Crippen LogP contribution in [0.4, 0.5) is 0 Å². The van der Waals surface area contributed by atoms with Gasteiger partial charge in [0.2, 0.25) is 0 Å². The van der Waals surface area contributed by atoms with E-state index in [2.05, 4.69) is 30.5 Å². The van der Waals surface area contributed by atoms with E-state index >= 15 is 0 Å². The fourth-order valence-corrected chi connectivity index (χ4v) is 3.88. The van der Waals surface area contributed by atoms with E-state index in [1.165, 1.54) is 0 Å². The Kier molecular flexibility index (Phi) is 4.65. The zero-order chi connectivity index (χ0) is 20.5. The molecule has 0 saturated carbocycles. The van der Waals surface area contributed by atoms with Crippen LogP contribution in [0.2, 0.25) is 0 Å². The molecule has 7 nitrogen and oxygen atoms in total. The van der Waals surface area contributed by atoms with Gasteiger partial charge in [0.15, 0.2) is 5.82 Å². The zero-order valence-electron chi connectivity index (χ0n) is 16.3. The summed E-state index contributed by atoms with van der Waals surface area (Å²) >= 11 is 0. The van der Waals surface area contributed by atoms with Gasteiger partial charge in [0.1, 0.15) is 11.4 Å². The van der Waals surface area contributed by atoms with Crippen molar-refractivity contribution >= 4 is 0 Å². The van der Waals surface area contributed by atoms with Gasteiger partial charge in [0, 0.05) is 49.8 Å². The van der Waals surface area contributed by atoms with E-state index in [0.29, 0.717) is 18.1 Å². The van der Waals surface area contributed by atoms with E-state index in [-0.39, 0.29) is 11.3 Å². The summed E-state index contributed by atoms with van der Waals surface area (Å²) in [6, 6.07) is 16.8. The lowest BCUT2D eigenvalue weighted by molar-refractivity contribution is 0.238. The number of pyridine rings is 1. The van der Waals surface area contributed by atoms with Crippen LogP contribution in [0.25, 0.3) is 17.2 Å². The molecule has 4 aromatic rings. The Balaban J connectivity index is 1.38. The summed E-state index contributed by atoms with van der Waals surface area (Å²) in [4.78, 5) is 26.9. The number of aromatic amines is 1. The maximum Gasteiger partial charge on any atom is 0.255 e. The van der Waals surface area contributed by atoms with Crippen molar-refractivity contribution in [2.75, 3.05) is 6.54 Å². The first-order chi connectivity index (χ1) is 14.7. The summed E-state index contributed by atoms with van der Waals surface area (Å²) in [5.74, 6) is 0.769. The van der Waals surface area contributed by atoms with Crippen molar-refractivity contribution in [1.29, 1.82) is 0 Å². The first-order valence-corrected chi connectivity index (χ1v) is 9.89. The minimum Gasteiger partial charge on any atom is -0.508 e. The summed E-state index contributed by atoms with van der Waals surface area (Å²) in [6.45, 7) is 2.10. The highest BCUT2D eigenvalue weighted by Gasteiger charge is 2.22. The number of hydrogen-bond acceptors (Lipinski definition) is 5. The number of aromatic hydroxyl groups is 1. The quantitative estimate of drug-likeness (QED) is 0.551. The number of aromatic nitrogens is 4. The van der Waals surface area contributed by atoms with Crippen LogP contribution in [-0.2, 0) is 19.5 Å². The average molecular weight is 399 g/mol. The molecule has 150 valence electrons. The Morgan fingerprint density at radius 3 is 2.73 bits per heavy atom. The summed E-state index contributed by atoms with van der Waals surface area (Å²) < 4.78 is 2.10. The molecule has 2 N–H and O–H groups in total. The molecule has 1 aliphatic heterocycles. The second-order valence-electron chi connectivity index (χ2n) is 7.40. The normalized spacial score (nSPS) is 13.9. The largest absolute Gasteiger partial charge is 0.508 e. The standard InChI is InChI=1S/C23H21N5O2/c29-18-8-6-16(7-9-18)28-12-3-4-17(28)14-27-13-10-20-19(15-27)23(30)26-22(25-20)21-5-1-2-11-24-21/h1-9,11-12,29H,10,13-15H2,(H,25,26,30). The third-order valence-corrected chi connectivity index (χ3v) is 5.40. The van der Waals surface area contributed by atoms with Crippen LogP contribution in [-0.4, -0.2) is 36.1 Å². The smallest absolute Gasteiger partial charge is 0.255 e. The molecule has 5 rings (SSSR count).